The van der Waals surface area contributed by atoms with Crippen LogP contribution in [0, 0.1) is 5.41 Å². The highest BCUT2D eigenvalue weighted by atomic mass is 16.5. The third-order valence-corrected chi connectivity index (χ3v) is 4.90. The van der Waals surface area contributed by atoms with Crippen LogP contribution in [-0.2, 0) is 17.8 Å². The van der Waals surface area contributed by atoms with Crippen LogP contribution in [0.15, 0.2) is 33.4 Å². The number of rotatable bonds is 7. The molecule has 4 N–H and O–H groups in total. The molecule has 2 aliphatic rings. The number of nitrogens with two attached hydrogens (primary N) is 1. The topological polar surface area (TPSA) is 122 Å². The highest BCUT2D eigenvalue weighted by Gasteiger charge is 2.26. The first-order valence-electron chi connectivity index (χ1n) is 9.70. The lowest BCUT2D eigenvalue weighted by Gasteiger charge is -2.21. The van der Waals surface area contributed by atoms with Gasteiger partial charge in [-0.1, -0.05) is 0 Å². The Morgan fingerprint density at radius 3 is 2.50 bits per heavy atom. The zero-order valence-electron chi connectivity index (χ0n) is 16.4. The SMILES string of the molecule is CCn1c(N2CCCC2)c(N=C2C=C(OCCO)C(N)=CC2=N)c(=O)n1CC. The van der Waals surface area contributed by atoms with Crippen molar-refractivity contribution >= 4 is 22.9 Å². The summed E-state index contributed by atoms with van der Waals surface area (Å²) < 4.78 is 9.09. The van der Waals surface area contributed by atoms with E-state index in [9.17, 15) is 4.79 Å². The summed E-state index contributed by atoms with van der Waals surface area (Å²) in [5.74, 6) is 1.15. The van der Waals surface area contributed by atoms with Crippen LogP contribution in [-0.4, -0.2) is 52.2 Å². The van der Waals surface area contributed by atoms with Crippen LogP contribution in [0.3, 0.4) is 0 Å². The molecular weight excluding hydrogens is 360 g/mol. The van der Waals surface area contributed by atoms with Crippen molar-refractivity contribution in [2.45, 2.75) is 39.8 Å². The lowest BCUT2D eigenvalue weighted by atomic mass is 10.1. The number of hydrogen-bond acceptors (Lipinski definition) is 7. The molecular formula is C19H28N6O3. The van der Waals surface area contributed by atoms with Gasteiger partial charge in [0.15, 0.2) is 11.5 Å². The van der Waals surface area contributed by atoms with Gasteiger partial charge in [0.25, 0.3) is 5.56 Å². The molecule has 0 saturated carbocycles. The van der Waals surface area contributed by atoms with Gasteiger partial charge in [-0.05, 0) is 32.8 Å². The number of ether oxygens (including phenoxy) is 1. The van der Waals surface area contributed by atoms with E-state index in [1.807, 2.05) is 18.5 Å². The summed E-state index contributed by atoms with van der Waals surface area (Å²) in [5, 5.41) is 17.2. The van der Waals surface area contributed by atoms with Gasteiger partial charge in [0.2, 0.25) is 0 Å². The number of nitrogens with one attached hydrogen (secondary N) is 1. The first-order chi connectivity index (χ1) is 13.5. The number of hydrogen-bond donors (Lipinski definition) is 3. The molecule has 0 atom stereocenters. The van der Waals surface area contributed by atoms with E-state index in [0.717, 1.165) is 31.7 Å². The Hall–Kier alpha value is -2.81. The summed E-state index contributed by atoms with van der Waals surface area (Å²) >= 11 is 0. The Labute approximate surface area is 163 Å². The van der Waals surface area contributed by atoms with Crippen molar-refractivity contribution in [2.75, 3.05) is 31.2 Å². The molecule has 1 saturated heterocycles. The molecule has 0 amide bonds. The monoisotopic (exact) mass is 388 g/mol. The molecule has 0 aromatic carbocycles. The first kappa shape index (κ1) is 19.9. The molecule has 28 heavy (non-hydrogen) atoms. The van der Waals surface area contributed by atoms with Crippen molar-refractivity contribution in [3.63, 3.8) is 0 Å². The fourth-order valence-corrected chi connectivity index (χ4v) is 3.62. The van der Waals surface area contributed by atoms with Gasteiger partial charge in [-0.2, -0.15) is 0 Å². The summed E-state index contributed by atoms with van der Waals surface area (Å²) in [6.07, 6.45) is 5.18. The second kappa shape index (κ2) is 8.47. The quantitative estimate of drug-likeness (QED) is 0.605. The number of allylic oxidation sites excluding steroid dienone is 2. The molecule has 0 unspecified atom stereocenters. The summed E-state index contributed by atoms with van der Waals surface area (Å²) in [5.41, 5.74) is 6.82. The predicted molar refractivity (Wildman–Crippen MR) is 110 cm³/mol. The van der Waals surface area contributed by atoms with Crippen LogP contribution in [0.1, 0.15) is 26.7 Å². The summed E-state index contributed by atoms with van der Waals surface area (Å²) in [4.78, 5) is 19.9. The van der Waals surface area contributed by atoms with Crippen molar-refractivity contribution < 1.29 is 9.84 Å². The number of aliphatic hydroxyl groups excluding tert-OH is 1. The number of nitrogens with zero attached hydrogens (tertiary/aromatic N) is 4. The van der Waals surface area contributed by atoms with Crippen LogP contribution >= 0.6 is 0 Å². The number of anilines is 1. The molecule has 152 valence electrons. The zero-order chi connectivity index (χ0) is 20.3. The molecule has 1 aliphatic carbocycles. The normalized spacial score (nSPS) is 18.6. The highest BCUT2D eigenvalue weighted by molar-refractivity contribution is 6.50. The van der Waals surface area contributed by atoms with E-state index in [1.165, 1.54) is 6.08 Å². The van der Waals surface area contributed by atoms with Crippen LogP contribution in [0.25, 0.3) is 0 Å². The lowest BCUT2D eigenvalue weighted by Crippen LogP contribution is -2.25. The van der Waals surface area contributed by atoms with E-state index in [-0.39, 0.29) is 24.5 Å². The van der Waals surface area contributed by atoms with Gasteiger partial charge < -0.3 is 20.5 Å². The Kier molecular flexibility index (Phi) is 6.03. The summed E-state index contributed by atoms with van der Waals surface area (Å²) in [6, 6.07) is 0. The molecule has 9 heteroatoms. The Morgan fingerprint density at radius 1 is 1.21 bits per heavy atom. The van der Waals surface area contributed by atoms with Crippen LogP contribution < -0.4 is 16.2 Å². The van der Waals surface area contributed by atoms with Crippen LogP contribution in [0.4, 0.5) is 11.5 Å². The fourth-order valence-electron chi connectivity index (χ4n) is 3.62. The molecule has 1 aliphatic heterocycles. The maximum Gasteiger partial charge on any atom is 0.294 e. The molecule has 3 rings (SSSR count). The minimum Gasteiger partial charge on any atom is -0.489 e. The second-order valence-electron chi connectivity index (χ2n) is 6.69. The number of aromatic nitrogens is 2. The van der Waals surface area contributed by atoms with Crippen molar-refractivity contribution in [1.82, 2.24) is 9.36 Å². The maximum atomic E-state index is 13.1. The largest absolute Gasteiger partial charge is 0.489 e. The minimum absolute atomic E-state index is 0.0921. The van der Waals surface area contributed by atoms with Crippen LogP contribution in [0.2, 0.25) is 0 Å². The van der Waals surface area contributed by atoms with Gasteiger partial charge in [-0.15, -0.1) is 0 Å². The van der Waals surface area contributed by atoms with E-state index < -0.39 is 0 Å². The third kappa shape index (κ3) is 3.62. The van der Waals surface area contributed by atoms with E-state index in [2.05, 4.69) is 9.89 Å². The second-order valence-corrected chi connectivity index (χ2v) is 6.69. The minimum atomic E-state index is -0.166. The van der Waals surface area contributed by atoms with E-state index in [0.29, 0.717) is 35.9 Å². The van der Waals surface area contributed by atoms with Crippen molar-refractivity contribution in [3.8, 4) is 0 Å². The summed E-state index contributed by atoms with van der Waals surface area (Å²) in [6.45, 7) is 6.86. The molecule has 2 heterocycles. The smallest absolute Gasteiger partial charge is 0.294 e. The molecule has 0 bridgehead atoms. The fraction of sp³-hybridized carbons (Fsp3) is 0.526. The Balaban J connectivity index is 2.12. The molecule has 9 nitrogen and oxygen atoms in total. The van der Waals surface area contributed by atoms with Crippen molar-refractivity contribution in [3.05, 3.63) is 34.0 Å². The molecule has 0 spiro atoms. The van der Waals surface area contributed by atoms with Crippen molar-refractivity contribution in [1.29, 1.82) is 5.41 Å². The predicted octanol–water partition coefficient (Wildman–Crippen LogP) is 1.13. The van der Waals surface area contributed by atoms with E-state index in [4.69, 9.17) is 21.0 Å². The number of aliphatic imine (C=N–C) groups is 1. The Morgan fingerprint density at radius 2 is 1.89 bits per heavy atom. The van der Waals surface area contributed by atoms with Gasteiger partial charge in [0, 0.05) is 32.3 Å². The van der Waals surface area contributed by atoms with E-state index in [1.54, 1.807) is 10.8 Å². The lowest BCUT2D eigenvalue weighted by molar-refractivity contribution is 0.149. The average Bonchev–Trinajstić information content (AvgIpc) is 3.29. The van der Waals surface area contributed by atoms with Gasteiger partial charge in [-0.25, -0.2) is 9.67 Å². The van der Waals surface area contributed by atoms with Crippen molar-refractivity contribution in [2.24, 2.45) is 10.7 Å². The average molecular weight is 388 g/mol. The van der Waals surface area contributed by atoms with Gasteiger partial charge in [-0.3, -0.25) is 14.9 Å². The van der Waals surface area contributed by atoms with Crippen LogP contribution in [0.5, 0.6) is 0 Å². The molecule has 1 aromatic heterocycles. The van der Waals surface area contributed by atoms with Gasteiger partial charge >= 0.3 is 0 Å². The highest BCUT2D eigenvalue weighted by Crippen LogP contribution is 2.30. The standard InChI is InChI=1S/C19H28N6O3/c1-3-24-18(23-7-5-6-8-23)17(19(27)25(24)4-2)22-15-12-16(28-10-9-26)14(21)11-13(15)20/h11-12,20,26H,3-10,21H2,1-2H3. The zero-order valence-corrected chi connectivity index (χ0v) is 16.4. The van der Waals surface area contributed by atoms with Gasteiger partial charge in [0.1, 0.15) is 12.4 Å². The first-order valence-corrected chi connectivity index (χ1v) is 9.70. The molecule has 0 radical (unpaired) electrons. The Bertz CT molecular complexity index is 900. The number of aliphatic hydroxyl groups is 1. The maximum absolute atomic E-state index is 13.1. The molecule has 1 aromatic rings. The van der Waals surface area contributed by atoms with E-state index >= 15 is 0 Å². The molecule has 1 fully saturated rings. The third-order valence-electron chi connectivity index (χ3n) is 4.90. The van der Waals surface area contributed by atoms with Gasteiger partial charge in [0.05, 0.1) is 23.7 Å². The summed E-state index contributed by atoms with van der Waals surface area (Å²) in [7, 11) is 0.